The predicted molar refractivity (Wildman–Crippen MR) is 60.1 cm³/mol. The molecule has 0 bridgehead atoms. The summed E-state index contributed by atoms with van der Waals surface area (Å²) in [5.41, 5.74) is 0. The highest BCUT2D eigenvalue weighted by molar-refractivity contribution is 5.82. The van der Waals surface area contributed by atoms with Crippen LogP contribution in [0.3, 0.4) is 0 Å². The van der Waals surface area contributed by atoms with Gasteiger partial charge in [-0.2, -0.15) is 0 Å². The summed E-state index contributed by atoms with van der Waals surface area (Å²) < 4.78 is 5.73. The Morgan fingerprint density at radius 2 is 2.19 bits per heavy atom. The minimum atomic E-state index is 0.0827. The van der Waals surface area contributed by atoms with Crippen molar-refractivity contribution in [1.29, 1.82) is 0 Å². The first kappa shape index (κ1) is 10.5. The first-order valence-electron chi connectivity index (χ1n) is 6.52. The van der Waals surface area contributed by atoms with Gasteiger partial charge in [-0.25, -0.2) is 0 Å². The minimum absolute atomic E-state index is 0.0827. The van der Waals surface area contributed by atoms with Gasteiger partial charge in [0.05, 0.1) is 24.8 Å². The molecule has 3 fully saturated rings. The van der Waals surface area contributed by atoms with Crippen LogP contribution in [0.1, 0.15) is 32.1 Å². The monoisotopic (exact) mass is 224 g/mol. The van der Waals surface area contributed by atoms with E-state index in [9.17, 15) is 4.79 Å². The van der Waals surface area contributed by atoms with Gasteiger partial charge in [0.25, 0.3) is 0 Å². The van der Waals surface area contributed by atoms with E-state index >= 15 is 0 Å². The van der Waals surface area contributed by atoms with Crippen LogP contribution in [-0.4, -0.2) is 48.7 Å². The van der Waals surface area contributed by atoms with Crippen LogP contribution < -0.4 is 5.32 Å². The lowest BCUT2D eigenvalue weighted by Crippen LogP contribution is -2.55. The van der Waals surface area contributed by atoms with Crippen molar-refractivity contribution in [2.75, 3.05) is 19.7 Å². The molecular formula is C12H20N2O2. The van der Waals surface area contributed by atoms with Crippen LogP contribution in [0.15, 0.2) is 0 Å². The van der Waals surface area contributed by atoms with E-state index in [4.69, 9.17) is 4.74 Å². The third-order valence-corrected chi connectivity index (χ3v) is 4.12. The molecule has 1 aliphatic carbocycles. The molecule has 2 heterocycles. The van der Waals surface area contributed by atoms with Gasteiger partial charge in [-0.1, -0.05) is 0 Å². The molecule has 3 atom stereocenters. The van der Waals surface area contributed by atoms with Crippen molar-refractivity contribution < 1.29 is 9.53 Å². The lowest BCUT2D eigenvalue weighted by molar-refractivity contribution is -0.145. The molecule has 2 aliphatic heterocycles. The van der Waals surface area contributed by atoms with Crippen molar-refractivity contribution in [2.45, 2.75) is 50.3 Å². The van der Waals surface area contributed by atoms with Crippen LogP contribution in [0.4, 0.5) is 0 Å². The second-order valence-corrected chi connectivity index (χ2v) is 5.09. The molecule has 16 heavy (non-hydrogen) atoms. The predicted octanol–water partition coefficient (Wildman–Crippen LogP) is 0.518. The van der Waals surface area contributed by atoms with Crippen molar-refractivity contribution >= 4 is 5.91 Å². The number of ether oxygens (including phenoxy) is 1. The van der Waals surface area contributed by atoms with Crippen molar-refractivity contribution in [3.8, 4) is 0 Å². The number of rotatable bonds is 1. The van der Waals surface area contributed by atoms with Gasteiger partial charge in [-0.15, -0.1) is 0 Å². The molecule has 0 aromatic rings. The maximum absolute atomic E-state index is 12.4. The topological polar surface area (TPSA) is 41.6 Å². The molecule has 3 aliphatic rings. The van der Waals surface area contributed by atoms with Gasteiger partial charge < -0.3 is 15.0 Å². The van der Waals surface area contributed by atoms with Gasteiger partial charge in [-0.3, -0.25) is 4.79 Å². The van der Waals surface area contributed by atoms with E-state index in [1.54, 1.807) is 0 Å². The maximum atomic E-state index is 12.4. The van der Waals surface area contributed by atoms with Crippen LogP contribution in [0.25, 0.3) is 0 Å². The van der Waals surface area contributed by atoms with Gasteiger partial charge in [0.2, 0.25) is 5.91 Å². The smallest absolute Gasteiger partial charge is 0.240 e. The molecule has 0 spiro atoms. The normalized spacial score (nSPS) is 38.8. The Kier molecular flexibility index (Phi) is 2.86. The number of hydrogen-bond acceptors (Lipinski definition) is 3. The molecule has 0 radical (unpaired) electrons. The number of carbonyl (C=O) groups is 1. The van der Waals surface area contributed by atoms with Gasteiger partial charge in [0, 0.05) is 6.54 Å². The number of amides is 1. The van der Waals surface area contributed by atoms with E-state index < -0.39 is 0 Å². The van der Waals surface area contributed by atoms with E-state index in [0.717, 1.165) is 45.4 Å². The van der Waals surface area contributed by atoms with Gasteiger partial charge in [0.1, 0.15) is 0 Å². The van der Waals surface area contributed by atoms with Crippen molar-refractivity contribution in [3.05, 3.63) is 0 Å². The third-order valence-electron chi connectivity index (χ3n) is 4.12. The zero-order valence-electron chi connectivity index (χ0n) is 9.65. The van der Waals surface area contributed by atoms with Gasteiger partial charge >= 0.3 is 0 Å². The molecule has 1 amide bonds. The molecule has 0 aromatic heterocycles. The second kappa shape index (κ2) is 4.34. The van der Waals surface area contributed by atoms with Crippen molar-refractivity contribution in [3.63, 3.8) is 0 Å². The number of nitrogens with zero attached hydrogens (tertiary/aromatic N) is 1. The largest absolute Gasteiger partial charge is 0.374 e. The number of nitrogens with one attached hydrogen (secondary N) is 1. The Bertz CT molecular complexity index is 276. The fourth-order valence-corrected chi connectivity index (χ4v) is 3.29. The zero-order valence-corrected chi connectivity index (χ0v) is 9.65. The lowest BCUT2D eigenvalue weighted by Gasteiger charge is -2.39. The van der Waals surface area contributed by atoms with E-state index in [0.29, 0.717) is 18.1 Å². The molecular weight excluding hydrogens is 204 g/mol. The fraction of sp³-hybridized carbons (Fsp3) is 0.917. The van der Waals surface area contributed by atoms with Crippen LogP contribution in [-0.2, 0) is 9.53 Å². The fourth-order valence-electron chi connectivity index (χ4n) is 3.29. The summed E-state index contributed by atoms with van der Waals surface area (Å²) in [6, 6.07) is 0.447. The second-order valence-electron chi connectivity index (χ2n) is 5.09. The standard InChI is InChI=1S/C12H20N2O2/c15-12(9-3-2-6-13-9)14-7-8-16-11-5-1-4-10(11)14/h9-11,13H,1-8H2/t9-,10?,11?/m1/s1. The van der Waals surface area contributed by atoms with Crippen LogP contribution >= 0.6 is 0 Å². The molecule has 2 unspecified atom stereocenters. The highest BCUT2D eigenvalue weighted by atomic mass is 16.5. The molecule has 4 nitrogen and oxygen atoms in total. The Hall–Kier alpha value is -0.610. The highest BCUT2D eigenvalue weighted by Gasteiger charge is 2.40. The summed E-state index contributed by atoms with van der Waals surface area (Å²) in [5.74, 6) is 0.317. The van der Waals surface area contributed by atoms with E-state index in [2.05, 4.69) is 10.2 Å². The maximum Gasteiger partial charge on any atom is 0.240 e. The summed E-state index contributed by atoms with van der Waals surface area (Å²) >= 11 is 0. The van der Waals surface area contributed by atoms with Crippen molar-refractivity contribution in [2.24, 2.45) is 0 Å². The number of hydrogen-bond donors (Lipinski definition) is 1. The van der Waals surface area contributed by atoms with Gasteiger partial charge in [0.15, 0.2) is 0 Å². The van der Waals surface area contributed by atoms with Gasteiger partial charge in [-0.05, 0) is 38.6 Å². The first-order chi connectivity index (χ1) is 7.86. The average molecular weight is 224 g/mol. The van der Waals surface area contributed by atoms with E-state index in [1.165, 1.54) is 6.42 Å². The summed E-state index contributed by atoms with van der Waals surface area (Å²) in [5, 5.41) is 3.30. The summed E-state index contributed by atoms with van der Waals surface area (Å²) in [4.78, 5) is 14.4. The molecule has 1 N–H and O–H groups in total. The molecule has 3 rings (SSSR count). The molecule has 4 heteroatoms. The summed E-state index contributed by atoms with van der Waals surface area (Å²) in [6.07, 6.45) is 5.93. The van der Waals surface area contributed by atoms with Crippen molar-refractivity contribution in [1.82, 2.24) is 10.2 Å². The Labute approximate surface area is 96.3 Å². The quantitative estimate of drug-likeness (QED) is 0.706. The molecule has 1 saturated carbocycles. The van der Waals surface area contributed by atoms with Crippen LogP contribution in [0.5, 0.6) is 0 Å². The Morgan fingerprint density at radius 1 is 1.25 bits per heavy atom. The zero-order chi connectivity index (χ0) is 11.0. The SMILES string of the molecule is O=C([C@H]1CCCN1)N1CCOC2CCCC21. The molecule has 2 saturated heterocycles. The van der Waals surface area contributed by atoms with E-state index in [-0.39, 0.29) is 6.04 Å². The average Bonchev–Trinajstić information content (AvgIpc) is 2.98. The molecule has 90 valence electrons. The third kappa shape index (κ3) is 1.74. The number of carbonyl (C=O) groups excluding carboxylic acids is 1. The summed E-state index contributed by atoms with van der Waals surface area (Å²) in [7, 11) is 0. The van der Waals surface area contributed by atoms with Crippen LogP contribution in [0, 0.1) is 0 Å². The van der Waals surface area contributed by atoms with E-state index in [1.807, 2.05) is 0 Å². The summed E-state index contributed by atoms with van der Waals surface area (Å²) in [6.45, 7) is 2.51. The Morgan fingerprint density at radius 3 is 3.00 bits per heavy atom. The van der Waals surface area contributed by atoms with Crippen LogP contribution in [0.2, 0.25) is 0 Å². The minimum Gasteiger partial charge on any atom is -0.374 e. The number of fused-ring (bicyclic) bond motifs is 1. The molecule has 0 aromatic carbocycles. The Balaban J connectivity index is 1.70. The lowest BCUT2D eigenvalue weighted by atomic mass is 10.1. The first-order valence-corrected chi connectivity index (χ1v) is 6.52. The number of morpholine rings is 1. The highest BCUT2D eigenvalue weighted by Crippen LogP contribution is 2.30.